The number of ether oxygens (including phenoxy) is 3. The highest BCUT2D eigenvalue weighted by Crippen LogP contribution is 2.37. The van der Waals surface area contributed by atoms with E-state index >= 15 is 0 Å². The van der Waals surface area contributed by atoms with Gasteiger partial charge in [0, 0.05) is 24.6 Å². The molecule has 0 saturated carbocycles. The summed E-state index contributed by atoms with van der Waals surface area (Å²) in [5.74, 6) is -2.38. The monoisotopic (exact) mass is 474 g/mol. The highest BCUT2D eigenvalue weighted by Gasteiger charge is 2.47. The minimum absolute atomic E-state index is 0.0545. The van der Waals surface area contributed by atoms with Crippen molar-refractivity contribution in [2.75, 3.05) is 0 Å². The van der Waals surface area contributed by atoms with Crippen molar-refractivity contribution in [2.24, 2.45) is 0 Å². The summed E-state index contributed by atoms with van der Waals surface area (Å²) in [6.45, 7) is 2.54. The van der Waals surface area contributed by atoms with Gasteiger partial charge < -0.3 is 44.2 Å². The Labute approximate surface area is 192 Å². The summed E-state index contributed by atoms with van der Waals surface area (Å²) >= 11 is 0. The van der Waals surface area contributed by atoms with E-state index in [1.54, 1.807) is 0 Å². The quantitative estimate of drug-likeness (QED) is 0.345. The molecule has 1 aliphatic rings. The van der Waals surface area contributed by atoms with E-state index in [-0.39, 0.29) is 33.8 Å². The zero-order chi connectivity index (χ0) is 24.7. The Morgan fingerprint density at radius 3 is 2.32 bits per heavy atom. The smallest absolute Gasteiger partial charge is 0.303 e. The Hall–Kier alpha value is -3.80. The first-order valence-corrected chi connectivity index (χ1v) is 10.2. The number of rotatable bonds is 4. The lowest BCUT2D eigenvalue weighted by Gasteiger charge is -2.40. The number of benzene rings is 2. The van der Waals surface area contributed by atoms with E-state index < -0.39 is 53.6 Å². The number of aliphatic hydroxyl groups is 2. The standard InChI is InChI=1S/C23H22O11/c1-9-17(28)19(30)22(32-10(2)24)23(31-9)34-21-18(29)16-14(27)7-13(26)8-15(16)33-20(21)11-3-5-12(25)6-4-11/h3-9,17,19,22-23,25-28,30H,1-2H3/t9-,17-,19-,22-,23+/m0/s1. The Balaban J connectivity index is 1.90. The molecule has 4 rings (SSSR count). The molecule has 5 N–H and O–H groups in total. The lowest BCUT2D eigenvalue weighted by atomic mass is 9.99. The molecule has 2 heterocycles. The van der Waals surface area contributed by atoms with Crippen molar-refractivity contribution in [1.82, 2.24) is 0 Å². The van der Waals surface area contributed by atoms with Crippen molar-refractivity contribution < 1.29 is 49.0 Å². The SMILES string of the molecule is CC(=O)O[C@@H]1[C@@H](Oc2c(-c3ccc(O)cc3)oc3cc(O)cc(O)c3c2=O)O[C@@H](C)[C@H](O)[C@@H]1O. The van der Waals surface area contributed by atoms with Crippen LogP contribution in [0.5, 0.6) is 23.0 Å². The number of hydrogen-bond acceptors (Lipinski definition) is 11. The van der Waals surface area contributed by atoms with Gasteiger partial charge in [-0.2, -0.15) is 0 Å². The maximum atomic E-state index is 13.4. The van der Waals surface area contributed by atoms with Gasteiger partial charge in [-0.15, -0.1) is 0 Å². The highest BCUT2D eigenvalue weighted by molar-refractivity contribution is 5.88. The second kappa shape index (κ2) is 8.86. The molecular formula is C23H22O11. The van der Waals surface area contributed by atoms with E-state index in [4.69, 9.17) is 18.6 Å². The number of fused-ring (bicyclic) bond motifs is 1. The van der Waals surface area contributed by atoms with Crippen LogP contribution in [0, 0.1) is 0 Å². The second-order valence-corrected chi connectivity index (χ2v) is 7.86. The number of aromatic hydroxyl groups is 3. The van der Waals surface area contributed by atoms with Gasteiger partial charge in [0.2, 0.25) is 17.5 Å². The van der Waals surface area contributed by atoms with Crippen molar-refractivity contribution >= 4 is 16.9 Å². The average molecular weight is 474 g/mol. The van der Waals surface area contributed by atoms with Gasteiger partial charge in [0.25, 0.3) is 0 Å². The third-order valence-corrected chi connectivity index (χ3v) is 5.37. The third kappa shape index (κ3) is 4.23. The second-order valence-electron chi connectivity index (χ2n) is 7.86. The van der Waals surface area contributed by atoms with Gasteiger partial charge in [-0.1, -0.05) is 0 Å². The predicted octanol–water partition coefficient (Wildman–Crippen LogP) is 1.35. The first-order chi connectivity index (χ1) is 16.1. The van der Waals surface area contributed by atoms with Gasteiger partial charge in [-0.25, -0.2) is 0 Å². The minimum atomic E-state index is -1.59. The zero-order valence-electron chi connectivity index (χ0n) is 18.0. The van der Waals surface area contributed by atoms with Crippen LogP contribution in [0.1, 0.15) is 13.8 Å². The molecule has 3 aromatic rings. The van der Waals surface area contributed by atoms with Crippen LogP contribution in [-0.4, -0.2) is 62.2 Å². The summed E-state index contributed by atoms with van der Waals surface area (Å²) in [6.07, 6.45) is -6.98. The van der Waals surface area contributed by atoms with Crippen molar-refractivity contribution in [3.63, 3.8) is 0 Å². The molecule has 0 spiro atoms. The van der Waals surface area contributed by atoms with Crippen LogP contribution >= 0.6 is 0 Å². The fourth-order valence-corrected chi connectivity index (χ4v) is 3.71. The molecule has 180 valence electrons. The molecule has 2 aromatic carbocycles. The minimum Gasteiger partial charge on any atom is -0.508 e. The van der Waals surface area contributed by atoms with Gasteiger partial charge in [-0.05, 0) is 31.2 Å². The van der Waals surface area contributed by atoms with Crippen LogP contribution in [0.15, 0.2) is 45.6 Å². The van der Waals surface area contributed by atoms with Crippen LogP contribution in [0.2, 0.25) is 0 Å². The van der Waals surface area contributed by atoms with Crippen LogP contribution < -0.4 is 10.2 Å². The number of carbonyl (C=O) groups excluding carboxylic acids is 1. The summed E-state index contributed by atoms with van der Waals surface area (Å²) in [4.78, 5) is 25.0. The van der Waals surface area contributed by atoms with Crippen molar-refractivity contribution in [1.29, 1.82) is 0 Å². The summed E-state index contributed by atoms with van der Waals surface area (Å²) in [5.41, 5.74) is -0.716. The summed E-state index contributed by atoms with van der Waals surface area (Å²) in [6, 6.07) is 7.62. The first-order valence-electron chi connectivity index (χ1n) is 10.2. The highest BCUT2D eigenvalue weighted by atomic mass is 16.7. The van der Waals surface area contributed by atoms with E-state index in [1.807, 2.05) is 0 Å². The molecule has 0 radical (unpaired) electrons. The summed E-state index contributed by atoms with van der Waals surface area (Å²) in [7, 11) is 0. The van der Waals surface area contributed by atoms with Crippen LogP contribution in [0.4, 0.5) is 0 Å². The van der Waals surface area contributed by atoms with E-state index in [0.29, 0.717) is 0 Å². The Morgan fingerprint density at radius 2 is 1.68 bits per heavy atom. The fourth-order valence-electron chi connectivity index (χ4n) is 3.71. The third-order valence-electron chi connectivity index (χ3n) is 5.37. The number of phenols is 3. The number of carbonyl (C=O) groups is 1. The number of esters is 1. The van der Waals surface area contributed by atoms with E-state index in [2.05, 4.69) is 0 Å². The molecule has 11 nitrogen and oxygen atoms in total. The lowest BCUT2D eigenvalue weighted by Crippen LogP contribution is -2.59. The molecule has 5 atom stereocenters. The molecule has 0 aliphatic carbocycles. The predicted molar refractivity (Wildman–Crippen MR) is 115 cm³/mol. The van der Waals surface area contributed by atoms with Crippen molar-refractivity contribution in [3.8, 4) is 34.3 Å². The molecule has 1 fully saturated rings. The number of phenolic OH excluding ortho intramolecular Hbond substituents is 3. The molecule has 0 amide bonds. The van der Waals surface area contributed by atoms with E-state index in [1.165, 1.54) is 31.2 Å². The molecular weight excluding hydrogens is 452 g/mol. The number of hydrogen-bond donors (Lipinski definition) is 5. The summed E-state index contributed by atoms with van der Waals surface area (Å²) in [5, 5.41) is 50.0. The summed E-state index contributed by atoms with van der Waals surface area (Å²) < 4.78 is 22.2. The molecule has 11 heteroatoms. The molecule has 1 aromatic heterocycles. The fraction of sp³-hybridized carbons (Fsp3) is 0.304. The topological polar surface area (TPSA) is 176 Å². The van der Waals surface area contributed by atoms with Gasteiger partial charge in [0.15, 0.2) is 11.9 Å². The maximum absolute atomic E-state index is 13.4. The normalized spacial score (nSPS) is 24.6. The van der Waals surface area contributed by atoms with Crippen molar-refractivity contribution in [2.45, 2.75) is 44.6 Å². The average Bonchev–Trinajstić information content (AvgIpc) is 2.76. The molecule has 1 saturated heterocycles. The van der Waals surface area contributed by atoms with Gasteiger partial charge in [-0.3, -0.25) is 9.59 Å². The van der Waals surface area contributed by atoms with Crippen molar-refractivity contribution in [3.05, 3.63) is 46.6 Å². The van der Waals surface area contributed by atoms with Crippen LogP contribution in [0.25, 0.3) is 22.3 Å². The van der Waals surface area contributed by atoms with Crippen LogP contribution in [-0.2, 0) is 14.3 Å². The van der Waals surface area contributed by atoms with E-state index in [0.717, 1.165) is 19.1 Å². The Morgan fingerprint density at radius 1 is 1.00 bits per heavy atom. The Bertz CT molecular complexity index is 1280. The molecule has 0 unspecified atom stereocenters. The van der Waals surface area contributed by atoms with Crippen LogP contribution in [0.3, 0.4) is 0 Å². The number of aliphatic hydroxyl groups excluding tert-OH is 2. The Kier molecular flexibility index (Phi) is 6.09. The van der Waals surface area contributed by atoms with E-state index in [9.17, 15) is 35.1 Å². The molecule has 0 bridgehead atoms. The molecule has 34 heavy (non-hydrogen) atoms. The largest absolute Gasteiger partial charge is 0.508 e. The van der Waals surface area contributed by atoms with Gasteiger partial charge >= 0.3 is 5.97 Å². The lowest BCUT2D eigenvalue weighted by molar-refractivity contribution is -0.273. The maximum Gasteiger partial charge on any atom is 0.303 e. The van der Waals surface area contributed by atoms with Gasteiger partial charge in [0.1, 0.15) is 40.4 Å². The zero-order valence-corrected chi connectivity index (χ0v) is 18.0. The first kappa shape index (κ1) is 23.4. The van der Waals surface area contributed by atoms with Gasteiger partial charge in [0.05, 0.1) is 6.10 Å². The molecule has 1 aliphatic heterocycles.